The summed E-state index contributed by atoms with van der Waals surface area (Å²) < 4.78 is 11.7. The maximum Gasteiger partial charge on any atom is 0.254 e. The van der Waals surface area contributed by atoms with E-state index in [2.05, 4.69) is 0 Å². The van der Waals surface area contributed by atoms with Crippen LogP contribution in [0.15, 0.2) is 24.3 Å². The van der Waals surface area contributed by atoms with Crippen molar-refractivity contribution in [3.63, 3.8) is 0 Å². The molecule has 6 nitrogen and oxygen atoms in total. The van der Waals surface area contributed by atoms with Gasteiger partial charge in [0.25, 0.3) is 5.91 Å². The number of likely N-dealkylation sites (N-methyl/N-ethyl adjacent to an activating group) is 1. The average molecular weight is 346 g/mol. The van der Waals surface area contributed by atoms with E-state index in [0.29, 0.717) is 19.7 Å². The Bertz CT molecular complexity index is 653. The fraction of sp³-hybridized carbons (Fsp3) is 0.579. The van der Waals surface area contributed by atoms with Gasteiger partial charge in [-0.15, -0.1) is 0 Å². The normalized spacial score (nSPS) is 21.7. The second-order valence-electron chi connectivity index (χ2n) is 7.28. The second kappa shape index (κ2) is 7.14. The number of rotatable bonds is 4. The summed E-state index contributed by atoms with van der Waals surface area (Å²) in [6, 6.07) is 7.64. The molecule has 2 amide bonds. The molecule has 0 aromatic heterocycles. The van der Waals surface area contributed by atoms with Crippen molar-refractivity contribution in [2.24, 2.45) is 0 Å². The minimum atomic E-state index is -0.316. The van der Waals surface area contributed by atoms with Gasteiger partial charge in [-0.05, 0) is 25.5 Å². The van der Waals surface area contributed by atoms with E-state index < -0.39 is 0 Å². The number of benzene rings is 1. The predicted molar refractivity (Wildman–Crippen MR) is 93.4 cm³/mol. The lowest BCUT2D eigenvalue weighted by Crippen LogP contribution is -2.67. The fourth-order valence-corrected chi connectivity index (χ4v) is 3.42. The van der Waals surface area contributed by atoms with E-state index in [1.165, 1.54) is 4.90 Å². The molecular formula is C19H26N2O4. The van der Waals surface area contributed by atoms with Crippen molar-refractivity contribution in [3.05, 3.63) is 35.4 Å². The van der Waals surface area contributed by atoms with E-state index in [4.69, 9.17) is 9.47 Å². The summed E-state index contributed by atoms with van der Waals surface area (Å²) in [4.78, 5) is 27.6. The van der Waals surface area contributed by atoms with Gasteiger partial charge in [-0.1, -0.05) is 17.7 Å². The van der Waals surface area contributed by atoms with Gasteiger partial charge in [0.2, 0.25) is 5.91 Å². The first-order chi connectivity index (χ1) is 11.9. The lowest BCUT2D eigenvalue weighted by atomic mass is 9.84. The van der Waals surface area contributed by atoms with Gasteiger partial charge in [0.1, 0.15) is 12.2 Å². The zero-order chi connectivity index (χ0) is 18.0. The van der Waals surface area contributed by atoms with Crippen LogP contribution in [-0.4, -0.2) is 73.7 Å². The molecule has 1 atom stereocenters. The van der Waals surface area contributed by atoms with Crippen molar-refractivity contribution in [2.45, 2.75) is 31.5 Å². The summed E-state index contributed by atoms with van der Waals surface area (Å²) in [5, 5.41) is 0. The molecule has 0 bridgehead atoms. The fourth-order valence-electron chi connectivity index (χ4n) is 3.42. The number of carbonyl (C=O) groups excluding carboxylic acids is 2. The Labute approximate surface area is 148 Å². The van der Waals surface area contributed by atoms with Crippen molar-refractivity contribution >= 4 is 11.8 Å². The SMILES string of the molecule is Cc1cccc(C(=O)N2CC3(CC(OCC(=O)N(C)C)CCO3)C2)c1. The molecule has 0 N–H and O–H groups in total. The number of hydrogen-bond donors (Lipinski definition) is 0. The molecule has 2 saturated heterocycles. The zero-order valence-corrected chi connectivity index (χ0v) is 15.2. The van der Waals surface area contributed by atoms with Gasteiger partial charge in [-0.2, -0.15) is 0 Å². The number of carbonyl (C=O) groups is 2. The molecule has 2 aliphatic rings. The largest absolute Gasteiger partial charge is 0.371 e. The Kier molecular flexibility index (Phi) is 5.11. The molecule has 2 heterocycles. The van der Waals surface area contributed by atoms with Gasteiger partial charge < -0.3 is 19.3 Å². The van der Waals surface area contributed by atoms with E-state index in [-0.39, 0.29) is 30.1 Å². The van der Waals surface area contributed by atoms with Crippen LogP contribution in [0.1, 0.15) is 28.8 Å². The summed E-state index contributed by atoms with van der Waals surface area (Å²) in [6.07, 6.45) is 1.52. The lowest BCUT2D eigenvalue weighted by Gasteiger charge is -2.53. The van der Waals surface area contributed by atoms with Gasteiger partial charge in [0, 0.05) is 32.7 Å². The number of aryl methyl sites for hydroxylation is 1. The topological polar surface area (TPSA) is 59.1 Å². The highest BCUT2D eigenvalue weighted by atomic mass is 16.5. The molecule has 2 fully saturated rings. The molecule has 0 aliphatic carbocycles. The van der Waals surface area contributed by atoms with E-state index in [9.17, 15) is 9.59 Å². The van der Waals surface area contributed by atoms with Crippen LogP contribution in [0.25, 0.3) is 0 Å². The molecule has 25 heavy (non-hydrogen) atoms. The van der Waals surface area contributed by atoms with Crippen LogP contribution in [-0.2, 0) is 14.3 Å². The first-order valence-corrected chi connectivity index (χ1v) is 8.70. The van der Waals surface area contributed by atoms with Crippen LogP contribution in [0, 0.1) is 6.92 Å². The highest BCUT2D eigenvalue weighted by Crippen LogP contribution is 2.36. The van der Waals surface area contributed by atoms with Crippen molar-refractivity contribution < 1.29 is 19.1 Å². The predicted octanol–water partition coefficient (Wildman–Crippen LogP) is 1.47. The van der Waals surface area contributed by atoms with Gasteiger partial charge in [0.15, 0.2) is 0 Å². The van der Waals surface area contributed by atoms with Crippen LogP contribution in [0.2, 0.25) is 0 Å². The Hall–Kier alpha value is -1.92. The van der Waals surface area contributed by atoms with Crippen LogP contribution in [0.5, 0.6) is 0 Å². The van der Waals surface area contributed by atoms with Crippen molar-refractivity contribution in [1.82, 2.24) is 9.80 Å². The summed E-state index contributed by atoms with van der Waals surface area (Å²) >= 11 is 0. The van der Waals surface area contributed by atoms with Gasteiger partial charge in [-0.25, -0.2) is 0 Å². The van der Waals surface area contributed by atoms with Crippen LogP contribution >= 0.6 is 0 Å². The van der Waals surface area contributed by atoms with Crippen molar-refractivity contribution in [3.8, 4) is 0 Å². The maximum atomic E-state index is 12.6. The quantitative estimate of drug-likeness (QED) is 0.828. The Morgan fingerprint density at radius 1 is 1.36 bits per heavy atom. The number of nitrogens with zero attached hydrogens (tertiary/aromatic N) is 2. The third-order valence-corrected chi connectivity index (χ3v) is 4.90. The molecule has 3 rings (SSSR count). The molecule has 2 aliphatic heterocycles. The summed E-state index contributed by atoms with van der Waals surface area (Å²) in [6.45, 7) is 3.85. The minimum absolute atomic E-state index is 0.00821. The van der Waals surface area contributed by atoms with Gasteiger partial charge >= 0.3 is 0 Å². The van der Waals surface area contributed by atoms with E-state index in [1.54, 1.807) is 14.1 Å². The third kappa shape index (κ3) is 4.02. The Balaban J connectivity index is 1.53. The number of likely N-dealkylation sites (tertiary alicyclic amines) is 1. The first-order valence-electron chi connectivity index (χ1n) is 8.70. The number of hydrogen-bond acceptors (Lipinski definition) is 4. The lowest BCUT2D eigenvalue weighted by molar-refractivity contribution is -0.188. The molecule has 6 heteroatoms. The summed E-state index contributed by atoms with van der Waals surface area (Å²) in [7, 11) is 3.44. The van der Waals surface area contributed by atoms with Crippen molar-refractivity contribution in [2.75, 3.05) is 40.4 Å². The van der Waals surface area contributed by atoms with Gasteiger partial charge in [-0.3, -0.25) is 9.59 Å². The molecule has 1 aromatic carbocycles. The molecule has 1 unspecified atom stereocenters. The number of amides is 2. The van der Waals surface area contributed by atoms with Crippen LogP contribution in [0.3, 0.4) is 0 Å². The first kappa shape index (κ1) is 17.9. The monoisotopic (exact) mass is 346 g/mol. The highest BCUT2D eigenvalue weighted by molar-refractivity contribution is 5.95. The van der Waals surface area contributed by atoms with E-state index in [0.717, 1.165) is 24.0 Å². The molecule has 136 valence electrons. The Morgan fingerprint density at radius 3 is 2.80 bits per heavy atom. The third-order valence-electron chi connectivity index (χ3n) is 4.90. The van der Waals surface area contributed by atoms with Crippen LogP contribution in [0.4, 0.5) is 0 Å². The Morgan fingerprint density at radius 2 is 2.12 bits per heavy atom. The smallest absolute Gasteiger partial charge is 0.254 e. The molecule has 0 radical (unpaired) electrons. The van der Waals surface area contributed by atoms with Crippen molar-refractivity contribution in [1.29, 1.82) is 0 Å². The average Bonchev–Trinajstić information content (AvgIpc) is 2.57. The standard InChI is InChI=1S/C19H26N2O4/c1-14-5-4-6-15(9-14)18(23)21-12-19(13-21)10-16(7-8-25-19)24-11-17(22)20(2)3/h4-6,9,16H,7-8,10-13H2,1-3H3. The van der Waals surface area contributed by atoms with E-state index >= 15 is 0 Å². The van der Waals surface area contributed by atoms with E-state index in [1.807, 2.05) is 36.1 Å². The number of ether oxygens (including phenoxy) is 2. The highest BCUT2D eigenvalue weighted by Gasteiger charge is 2.49. The molecule has 1 aromatic rings. The molecule has 0 saturated carbocycles. The van der Waals surface area contributed by atoms with Crippen LogP contribution < -0.4 is 0 Å². The minimum Gasteiger partial charge on any atom is -0.371 e. The summed E-state index contributed by atoms with van der Waals surface area (Å²) in [5.41, 5.74) is 1.48. The second-order valence-corrected chi connectivity index (χ2v) is 7.28. The maximum absolute atomic E-state index is 12.6. The summed E-state index contributed by atoms with van der Waals surface area (Å²) in [5.74, 6) is 0.00848. The molecular weight excluding hydrogens is 320 g/mol. The molecule has 1 spiro atoms. The zero-order valence-electron chi connectivity index (χ0n) is 15.2. The van der Waals surface area contributed by atoms with Gasteiger partial charge in [0.05, 0.1) is 19.2 Å².